The number of fused-ring (bicyclic) bond motifs is 1. The number of nitrogens with one attached hydrogen (secondary N) is 1. The van der Waals surface area contributed by atoms with Crippen molar-refractivity contribution in [3.05, 3.63) is 42.1 Å². The third-order valence-corrected chi connectivity index (χ3v) is 4.07. The van der Waals surface area contributed by atoms with Crippen LogP contribution in [0.2, 0.25) is 0 Å². The summed E-state index contributed by atoms with van der Waals surface area (Å²) >= 11 is 0. The Labute approximate surface area is 122 Å². The van der Waals surface area contributed by atoms with Crippen molar-refractivity contribution < 1.29 is 0 Å². The number of hydrogen-bond donors (Lipinski definition) is 1. The molecule has 1 N–H and O–H groups in total. The number of hydrogen-bond acceptors (Lipinski definition) is 2. The van der Waals surface area contributed by atoms with E-state index in [-0.39, 0.29) is 0 Å². The first-order valence-electron chi connectivity index (χ1n) is 7.82. The maximum Gasteiger partial charge on any atom is 0.0705 e. The predicted molar refractivity (Wildman–Crippen MR) is 87.0 cm³/mol. The van der Waals surface area contributed by atoms with Crippen LogP contribution < -0.4 is 5.32 Å². The lowest BCUT2D eigenvalue weighted by molar-refractivity contribution is 0.363. The van der Waals surface area contributed by atoms with Crippen LogP contribution in [0.4, 0.5) is 0 Å². The zero-order valence-corrected chi connectivity index (χ0v) is 12.9. The van der Waals surface area contributed by atoms with Crippen LogP contribution in [0.3, 0.4) is 0 Å². The van der Waals surface area contributed by atoms with Crippen molar-refractivity contribution in [2.24, 2.45) is 5.92 Å². The van der Waals surface area contributed by atoms with E-state index in [1.807, 2.05) is 0 Å². The van der Waals surface area contributed by atoms with Gasteiger partial charge in [0, 0.05) is 23.5 Å². The lowest BCUT2D eigenvalue weighted by atomic mass is 9.94. The number of para-hydroxylation sites is 1. The van der Waals surface area contributed by atoms with Crippen LogP contribution in [0.25, 0.3) is 10.9 Å². The zero-order chi connectivity index (χ0) is 14.4. The molecular formula is C18H26N2. The van der Waals surface area contributed by atoms with E-state index in [9.17, 15) is 0 Å². The molecule has 0 bridgehead atoms. The van der Waals surface area contributed by atoms with Gasteiger partial charge in [-0.15, -0.1) is 0 Å². The lowest BCUT2D eigenvalue weighted by Gasteiger charge is -2.24. The third kappa shape index (κ3) is 3.80. The van der Waals surface area contributed by atoms with Gasteiger partial charge in [-0.1, -0.05) is 51.5 Å². The molecule has 2 atom stereocenters. The third-order valence-electron chi connectivity index (χ3n) is 4.07. The summed E-state index contributed by atoms with van der Waals surface area (Å²) in [7, 11) is 0. The van der Waals surface area contributed by atoms with Gasteiger partial charge < -0.3 is 5.32 Å². The minimum absolute atomic E-state index is 0.522. The molecule has 108 valence electrons. The SMILES string of the molecule is CCCNC(Cc1ccc2ccccc2n1)C(C)CC. The summed E-state index contributed by atoms with van der Waals surface area (Å²) in [6.45, 7) is 7.89. The molecular weight excluding hydrogens is 244 g/mol. The molecule has 2 rings (SSSR count). The van der Waals surface area contributed by atoms with Crippen LogP contribution in [-0.2, 0) is 6.42 Å². The monoisotopic (exact) mass is 270 g/mol. The average Bonchev–Trinajstić information content (AvgIpc) is 2.50. The van der Waals surface area contributed by atoms with Crippen molar-refractivity contribution in [1.29, 1.82) is 0 Å². The van der Waals surface area contributed by atoms with Gasteiger partial charge in [-0.05, 0) is 31.0 Å². The fourth-order valence-corrected chi connectivity index (χ4v) is 2.54. The highest BCUT2D eigenvalue weighted by molar-refractivity contribution is 5.78. The Balaban J connectivity index is 2.14. The molecule has 2 heteroatoms. The van der Waals surface area contributed by atoms with E-state index in [1.54, 1.807) is 0 Å². The molecule has 2 unspecified atom stereocenters. The smallest absolute Gasteiger partial charge is 0.0705 e. The highest BCUT2D eigenvalue weighted by atomic mass is 14.9. The van der Waals surface area contributed by atoms with Crippen molar-refractivity contribution >= 4 is 10.9 Å². The number of pyridine rings is 1. The zero-order valence-electron chi connectivity index (χ0n) is 12.9. The molecule has 1 aromatic heterocycles. The van der Waals surface area contributed by atoms with Gasteiger partial charge in [-0.2, -0.15) is 0 Å². The van der Waals surface area contributed by atoms with E-state index in [2.05, 4.69) is 62.5 Å². The van der Waals surface area contributed by atoms with Crippen molar-refractivity contribution in [3.8, 4) is 0 Å². The molecule has 2 nitrogen and oxygen atoms in total. The largest absolute Gasteiger partial charge is 0.313 e. The van der Waals surface area contributed by atoms with Crippen molar-refractivity contribution in [3.63, 3.8) is 0 Å². The molecule has 1 aromatic carbocycles. The first-order chi connectivity index (χ1) is 9.74. The molecule has 0 fully saturated rings. The second-order valence-corrected chi connectivity index (χ2v) is 5.65. The Morgan fingerprint density at radius 2 is 1.90 bits per heavy atom. The van der Waals surface area contributed by atoms with Crippen molar-refractivity contribution in [2.75, 3.05) is 6.54 Å². The van der Waals surface area contributed by atoms with Crippen LogP contribution in [-0.4, -0.2) is 17.6 Å². The van der Waals surface area contributed by atoms with E-state index < -0.39 is 0 Å². The first-order valence-corrected chi connectivity index (χ1v) is 7.82. The minimum atomic E-state index is 0.522. The first kappa shape index (κ1) is 15.0. The van der Waals surface area contributed by atoms with Crippen LogP contribution in [0, 0.1) is 5.92 Å². The van der Waals surface area contributed by atoms with Gasteiger partial charge in [0.25, 0.3) is 0 Å². The van der Waals surface area contributed by atoms with E-state index in [4.69, 9.17) is 4.98 Å². The summed E-state index contributed by atoms with van der Waals surface area (Å²) in [6.07, 6.45) is 3.40. The molecule has 0 spiro atoms. The molecule has 0 amide bonds. The van der Waals surface area contributed by atoms with Crippen molar-refractivity contribution in [2.45, 2.75) is 46.1 Å². The summed E-state index contributed by atoms with van der Waals surface area (Å²) in [5.74, 6) is 0.676. The standard InChI is InChI=1S/C18H26N2/c1-4-12-19-18(14(3)5-2)13-16-11-10-15-8-6-7-9-17(15)20-16/h6-11,14,18-19H,4-5,12-13H2,1-3H3. The van der Waals surface area contributed by atoms with Gasteiger partial charge >= 0.3 is 0 Å². The fraction of sp³-hybridized carbons (Fsp3) is 0.500. The molecule has 0 aliphatic rings. The number of benzene rings is 1. The average molecular weight is 270 g/mol. The number of rotatable bonds is 7. The Bertz CT molecular complexity index is 536. The predicted octanol–water partition coefficient (Wildman–Crippen LogP) is 4.19. The molecule has 0 aliphatic carbocycles. The second kappa shape index (κ2) is 7.39. The summed E-state index contributed by atoms with van der Waals surface area (Å²) in [6, 6.07) is 13.2. The van der Waals surface area contributed by atoms with Gasteiger partial charge in [0.1, 0.15) is 0 Å². The Morgan fingerprint density at radius 3 is 2.65 bits per heavy atom. The second-order valence-electron chi connectivity index (χ2n) is 5.65. The van der Waals surface area contributed by atoms with E-state index in [0.717, 1.165) is 18.5 Å². The Kier molecular flexibility index (Phi) is 5.54. The van der Waals surface area contributed by atoms with Crippen LogP contribution in [0.15, 0.2) is 36.4 Å². The van der Waals surface area contributed by atoms with E-state index in [1.165, 1.54) is 23.9 Å². The minimum Gasteiger partial charge on any atom is -0.313 e. The van der Waals surface area contributed by atoms with Gasteiger partial charge in [0.05, 0.1) is 5.52 Å². The van der Waals surface area contributed by atoms with Crippen LogP contribution >= 0.6 is 0 Å². The molecule has 1 heterocycles. The van der Waals surface area contributed by atoms with Crippen LogP contribution in [0.1, 0.15) is 39.3 Å². The number of aromatic nitrogens is 1. The molecule has 0 saturated carbocycles. The maximum atomic E-state index is 4.80. The maximum absolute atomic E-state index is 4.80. The highest BCUT2D eigenvalue weighted by Crippen LogP contribution is 2.16. The molecule has 0 aliphatic heterocycles. The van der Waals surface area contributed by atoms with Crippen LogP contribution in [0.5, 0.6) is 0 Å². The van der Waals surface area contributed by atoms with Gasteiger partial charge in [-0.25, -0.2) is 0 Å². The summed E-state index contributed by atoms with van der Waals surface area (Å²) in [4.78, 5) is 4.80. The summed E-state index contributed by atoms with van der Waals surface area (Å²) in [5, 5.41) is 4.90. The Hall–Kier alpha value is -1.41. The van der Waals surface area contributed by atoms with E-state index >= 15 is 0 Å². The van der Waals surface area contributed by atoms with Gasteiger partial charge in [0.2, 0.25) is 0 Å². The molecule has 20 heavy (non-hydrogen) atoms. The molecule has 0 radical (unpaired) electrons. The van der Waals surface area contributed by atoms with Crippen molar-refractivity contribution in [1.82, 2.24) is 10.3 Å². The van der Waals surface area contributed by atoms with E-state index in [0.29, 0.717) is 12.0 Å². The Morgan fingerprint density at radius 1 is 1.10 bits per heavy atom. The van der Waals surface area contributed by atoms with Gasteiger partial charge in [-0.3, -0.25) is 4.98 Å². The molecule has 0 saturated heterocycles. The quantitative estimate of drug-likeness (QED) is 0.816. The summed E-state index contributed by atoms with van der Waals surface area (Å²) in [5.41, 5.74) is 2.29. The fourth-order valence-electron chi connectivity index (χ4n) is 2.54. The van der Waals surface area contributed by atoms with Gasteiger partial charge in [0.15, 0.2) is 0 Å². The molecule has 2 aromatic rings. The summed E-state index contributed by atoms with van der Waals surface area (Å²) < 4.78 is 0. The lowest BCUT2D eigenvalue weighted by Crippen LogP contribution is -2.37. The normalized spacial score (nSPS) is 14.3. The highest BCUT2D eigenvalue weighted by Gasteiger charge is 2.16. The topological polar surface area (TPSA) is 24.9 Å². The number of nitrogens with zero attached hydrogens (tertiary/aromatic N) is 1.